The first-order valence-corrected chi connectivity index (χ1v) is 10.0. The van der Waals surface area contributed by atoms with Gasteiger partial charge in [0.05, 0.1) is 10.6 Å². The third kappa shape index (κ3) is 5.68. The van der Waals surface area contributed by atoms with Gasteiger partial charge in [0.15, 0.2) is 6.10 Å². The van der Waals surface area contributed by atoms with E-state index in [2.05, 4.69) is 9.97 Å². The van der Waals surface area contributed by atoms with Crippen LogP contribution in [0.5, 0.6) is 11.6 Å². The van der Waals surface area contributed by atoms with Gasteiger partial charge in [-0.3, -0.25) is 19.6 Å². The van der Waals surface area contributed by atoms with Gasteiger partial charge in [-0.05, 0) is 35.7 Å². The first-order chi connectivity index (χ1) is 13.9. The highest BCUT2D eigenvalue weighted by atomic mass is 32.1. The van der Waals surface area contributed by atoms with E-state index in [4.69, 9.17) is 9.47 Å². The van der Waals surface area contributed by atoms with Gasteiger partial charge in [-0.25, -0.2) is 0 Å². The Balaban J connectivity index is 1.64. The number of carbonyl (C=O) groups excluding carboxylic acids is 1. The minimum absolute atomic E-state index is 0.0915. The quantitative estimate of drug-likeness (QED) is 0.548. The van der Waals surface area contributed by atoms with E-state index in [0.29, 0.717) is 22.7 Å². The Morgan fingerprint density at radius 2 is 1.93 bits per heavy atom. The molecule has 3 aromatic rings. The first-order valence-electron chi connectivity index (χ1n) is 9.19. The summed E-state index contributed by atoms with van der Waals surface area (Å²) in [5.41, 5.74) is 2.66. The zero-order valence-electron chi connectivity index (χ0n) is 16.2. The molecule has 1 atom stereocenters. The number of aryl methyl sites for hydroxylation is 1. The first kappa shape index (κ1) is 20.6. The van der Waals surface area contributed by atoms with E-state index in [1.165, 1.54) is 6.92 Å². The number of pyridine rings is 1. The zero-order valence-corrected chi connectivity index (χ0v) is 17.0. The Hall–Kier alpha value is -3.13. The van der Waals surface area contributed by atoms with Crippen LogP contribution < -0.4 is 9.61 Å². The molecule has 3 rings (SSSR count). The van der Waals surface area contributed by atoms with Crippen molar-refractivity contribution >= 4 is 17.3 Å². The van der Waals surface area contributed by atoms with E-state index in [1.54, 1.807) is 18.3 Å². The summed E-state index contributed by atoms with van der Waals surface area (Å²) in [5.74, 6) is 0.120. The summed E-state index contributed by atoms with van der Waals surface area (Å²) in [4.78, 5) is 29.8. The molecule has 0 spiro atoms. The van der Waals surface area contributed by atoms with E-state index in [0.717, 1.165) is 28.9 Å². The number of thiazole rings is 1. The second-order valence-electron chi connectivity index (χ2n) is 6.46. The van der Waals surface area contributed by atoms with Gasteiger partial charge in [0, 0.05) is 19.5 Å². The molecule has 1 aromatic carbocycles. The smallest absolute Gasteiger partial charge is 0.307 e. The molecule has 0 aliphatic heterocycles. The molecule has 2 aromatic heterocycles. The largest absolute Gasteiger partial charge is 0.494 e. The summed E-state index contributed by atoms with van der Waals surface area (Å²) >= 11 is 0.986. The maximum Gasteiger partial charge on any atom is 0.307 e. The van der Waals surface area contributed by atoms with Crippen LogP contribution in [0.25, 0.3) is 0 Å². The molecule has 8 heteroatoms. The number of H-pyrrole nitrogens is 1. The Bertz CT molecular complexity index is 1010. The normalized spacial score (nSPS) is 11.8. The number of nitrogens with zero attached hydrogens (tertiary/aromatic N) is 1. The fourth-order valence-electron chi connectivity index (χ4n) is 2.75. The molecule has 0 aliphatic carbocycles. The molecular weight excluding hydrogens is 392 g/mol. The van der Waals surface area contributed by atoms with Crippen LogP contribution in [0.2, 0.25) is 0 Å². The molecule has 0 radical (unpaired) electrons. The Labute approximate surface area is 172 Å². The molecule has 0 fully saturated rings. The third-order valence-corrected chi connectivity index (χ3v) is 5.16. The third-order valence-electron chi connectivity index (χ3n) is 4.28. The zero-order chi connectivity index (χ0) is 20.8. The van der Waals surface area contributed by atoms with Crippen molar-refractivity contribution in [2.75, 3.05) is 6.61 Å². The topological polar surface area (TPSA) is 102 Å². The van der Waals surface area contributed by atoms with Crippen LogP contribution >= 0.6 is 11.3 Å². The molecule has 0 bridgehead atoms. The fourth-order valence-corrected chi connectivity index (χ4v) is 3.51. The fraction of sp³-hybridized carbons (Fsp3) is 0.286. The highest BCUT2D eigenvalue weighted by Gasteiger charge is 2.17. The number of aromatic amines is 1. The molecule has 152 valence electrons. The highest BCUT2D eigenvalue weighted by molar-refractivity contribution is 7.09. The lowest BCUT2D eigenvalue weighted by molar-refractivity contribution is -0.148. The SMILES string of the molecule is CCc1ccc(C(COc2ccc(Cc3sc(=O)[nH]c3O)cc2)OC(C)=O)nc1. The number of rotatable bonds is 8. The van der Waals surface area contributed by atoms with E-state index in [9.17, 15) is 14.7 Å². The van der Waals surface area contributed by atoms with Crippen LogP contribution in [0.4, 0.5) is 0 Å². The number of ether oxygens (including phenoxy) is 2. The average molecular weight is 414 g/mol. The molecule has 2 N–H and O–H groups in total. The van der Waals surface area contributed by atoms with Gasteiger partial charge in [0.2, 0.25) is 5.88 Å². The number of aromatic hydroxyl groups is 1. The Morgan fingerprint density at radius 1 is 1.21 bits per heavy atom. The number of hydrogen-bond donors (Lipinski definition) is 2. The maximum absolute atomic E-state index is 11.5. The summed E-state index contributed by atoms with van der Waals surface area (Å²) in [7, 11) is 0. The molecule has 1 unspecified atom stereocenters. The standard InChI is InChI=1S/C21H22N2O5S/c1-3-14-6-9-17(22-11-14)18(28-13(2)24)12-27-16-7-4-15(5-8-16)10-19-20(25)23-21(26)29-19/h4-9,11,18,25H,3,10,12H2,1-2H3,(H,23,26). The molecule has 2 heterocycles. The van der Waals surface area contributed by atoms with Crippen LogP contribution in [-0.4, -0.2) is 27.7 Å². The van der Waals surface area contributed by atoms with Crippen molar-refractivity contribution in [2.24, 2.45) is 0 Å². The van der Waals surface area contributed by atoms with Crippen molar-refractivity contribution in [1.29, 1.82) is 0 Å². The molecular formula is C21H22N2O5S. The van der Waals surface area contributed by atoms with Crippen molar-refractivity contribution in [1.82, 2.24) is 9.97 Å². The Kier molecular flexibility index (Phi) is 6.66. The number of esters is 1. The second kappa shape index (κ2) is 9.38. The molecule has 7 nitrogen and oxygen atoms in total. The minimum atomic E-state index is -0.604. The predicted molar refractivity (Wildman–Crippen MR) is 109 cm³/mol. The van der Waals surface area contributed by atoms with Crippen molar-refractivity contribution < 1.29 is 19.4 Å². The van der Waals surface area contributed by atoms with Crippen molar-refractivity contribution in [2.45, 2.75) is 32.8 Å². The number of hydrogen-bond acceptors (Lipinski definition) is 7. The van der Waals surface area contributed by atoms with Crippen molar-refractivity contribution in [3.8, 4) is 11.6 Å². The van der Waals surface area contributed by atoms with Crippen molar-refractivity contribution in [3.63, 3.8) is 0 Å². The number of benzene rings is 1. The molecule has 29 heavy (non-hydrogen) atoms. The van der Waals surface area contributed by atoms with Crippen LogP contribution in [0.15, 0.2) is 47.4 Å². The van der Waals surface area contributed by atoms with Crippen LogP contribution in [0.3, 0.4) is 0 Å². The van der Waals surface area contributed by atoms with E-state index in [1.807, 2.05) is 31.2 Å². The summed E-state index contributed by atoms with van der Waals surface area (Å²) in [6, 6.07) is 11.1. The summed E-state index contributed by atoms with van der Waals surface area (Å²) < 4.78 is 11.2. The van der Waals surface area contributed by atoms with Gasteiger partial charge in [0.1, 0.15) is 12.4 Å². The summed E-state index contributed by atoms with van der Waals surface area (Å²) in [6.45, 7) is 3.54. The second-order valence-corrected chi connectivity index (χ2v) is 7.53. The Morgan fingerprint density at radius 3 is 2.48 bits per heavy atom. The van der Waals surface area contributed by atoms with Gasteiger partial charge in [-0.2, -0.15) is 0 Å². The summed E-state index contributed by atoms with van der Waals surface area (Å²) in [6.07, 6.45) is 2.49. The lowest BCUT2D eigenvalue weighted by Gasteiger charge is -2.17. The van der Waals surface area contributed by atoms with Gasteiger partial charge >= 0.3 is 10.8 Å². The number of carbonyl (C=O) groups is 1. The monoisotopic (exact) mass is 414 g/mol. The maximum atomic E-state index is 11.5. The highest BCUT2D eigenvalue weighted by Crippen LogP contribution is 2.23. The van der Waals surface area contributed by atoms with Crippen molar-refractivity contribution in [3.05, 3.63) is 74.0 Å². The summed E-state index contributed by atoms with van der Waals surface area (Å²) in [5, 5.41) is 9.69. The number of nitrogens with one attached hydrogen (secondary N) is 1. The molecule has 0 saturated heterocycles. The minimum Gasteiger partial charge on any atom is -0.494 e. The van der Waals surface area contributed by atoms with Gasteiger partial charge in [-0.15, -0.1) is 0 Å². The van der Waals surface area contributed by atoms with Crippen LogP contribution in [0.1, 0.15) is 41.6 Å². The van der Waals surface area contributed by atoms with Gasteiger partial charge < -0.3 is 14.6 Å². The van der Waals surface area contributed by atoms with Crippen LogP contribution in [0, 0.1) is 0 Å². The van der Waals surface area contributed by atoms with E-state index in [-0.39, 0.29) is 17.4 Å². The molecule has 0 aliphatic rings. The predicted octanol–water partition coefficient (Wildman–Crippen LogP) is 3.37. The van der Waals surface area contributed by atoms with E-state index < -0.39 is 12.1 Å². The average Bonchev–Trinajstić information content (AvgIpc) is 3.03. The molecule has 0 amide bonds. The van der Waals surface area contributed by atoms with E-state index >= 15 is 0 Å². The number of aromatic nitrogens is 2. The lowest BCUT2D eigenvalue weighted by atomic mass is 10.1. The van der Waals surface area contributed by atoms with Crippen LogP contribution in [-0.2, 0) is 22.4 Å². The van der Waals surface area contributed by atoms with Gasteiger partial charge in [0.25, 0.3) is 0 Å². The molecule has 0 saturated carbocycles. The van der Waals surface area contributed by atoms with Gasteiger partial charge in [-0.1, -0.05) is 36.5 Å². The lowest BCUT2D eigenvalue weighted by Crippen LogP contribution is -2.17.